The standard InChI is InChI=1S/C6H11N3O.CH3.W/c1-2-3-9-4-6(5-10)7-8-9;;/h4,10H,2-3,5H2,1H3;1H3;/q;-1;. The first-order valence-corrected chi connectivity index (χ1v) is 3.36. The smallest absolute Gasteiger partial charge is 0.108 e. The minimum atomic E-state index is -0.0241. The number of aromatic nitrogens is 3. The van der Waals surface area contributed by atoms with Gasteiger partial charge in [0.1, 0.15) is 5.69 Å². The second-order valence-electron chi connectivity index (χ2n) is 2.13. The van der Waals surface area contributed by atoms with Crippen molar-refractivity contribution in [3.63, 3.8) is 0 Å². The van der Waals surface area contributed by atoms with Gasteiger partial charge in [-0.3, -0.25) is 4.68 Å². The Morgan fingerprint density at radius 1 is 1.58 bits per heavy atom. The maximum absolute atomic E-state index is 8.60. The molecule has 0 amide bonds. The topological polar surface area (TPSA) is 50.9 Å². The van der Waals surface area contributed by atoms with Crippen LogP contribution in [-0.4, -0.2) is 20.1 Å². The van der Waals surface area contributed by atoms with Crippen LogP contribution in [0.1, 0.15) is 19.0 Å². The third-order valence-electron chi connectivity index (χ3n) is 1.20. The number of hydrogen-bond acceptors (Lipinski definition) is 3. The van der Waals surface area contributed by atoms with E-state index in [1.54, 1.807) is 10.9 Å². The van der Waals surface area contributed by atoms with Gasteiger partial charge >= 0.3 is 0 Å². The SMILES string of the molecule is CCCn1cc(CO)nn1.[CH3-].[W]. The molecule has 0 fully saturated rings. The molecule has 0 radical (unpaired) electrons. The molecular weight excluding hydrogens is 326 g/mol. The van der Waals surface area contributed by atoms with Gasteiger partial charge in [0.25, 0.3) is 0 Å². The number of aliphatic hydroxyl groups is 1. The Morgan fingerprint density at radius 2 is 2.25 bits per heavy atom. The zero-order valence-corrected chi connectivity index (χ0v) is 10.3. The van der Waals surface area contributed by atoms with Crippen molar-refractivity contribution >= 4 is 0 Å². The molecule has 0 aliphatic carbocycles. The summed E-state index contributed by atoms with van der Waals surface area (Å²) in [6.07, 6.45) is 2.79. The van der Waals surface area contributed by atoms with E-state index in [0.717, 1.165) is 13.0 Å². The summed E-state index contributed by atoms with van der Waals surface area (Å²) in [5.41, 5.74) is 0.633. The van der Waals surface area contributed by atoms with E-state index < -0.39 is 0 Å². The number of rotatable bonds is 3. The Labute approximate surface area is 87.2 Å². The van der Waals surface area contributed by atoms with Crippen LogP contribution < -0.4 is 0 Å². The van der Waals surface area contributed by atoms with Crippen LogP contribution in [0, 0.1) is 7.43 Å². The van der Waals surface area contributed by atoms with Crippen LogP contribution in [0.5, 0.6) is 0 Å². The zero-order chi connectivity index (χ0) is 7.40. The maximum atomic E-state index is 8.60. The molecule has 0 spiro atoms. The molecule has 1 N–H and O–H groups in total. The molecule has 1 heterocycles. The van der Waals surface area contributed by atoms with Crippen molar-refractivity contribution in [1.29, 1.82) is 0 Å². The van der Waals surface area contributed by atoms with E-state index in [-0.39, 0.29) is 35.1 Å². The molecule has 0 saturated heterocycles. The minimum absolute atomic E-state index is 0. The summed E-state index contributed by atoms with van der Waals surface area (Å²) in [4.78, 5) is 0. The van der Waals surface area contributed by atoms with Crippen molar-refractivity contribution in [2.45, 2.75) is 26.5 Å². The van der Waals surface area contributed by atoms with E-state index in [4.69, 9.17) is 5.11 Å². The molecule has 0 bridgehead atoms. The molecule has 0 aliphatic heterocycles. The summed E-state index contributed by atoms with van der Waals surface area (Å²) in [5, 5.41) is 16.1. The molecule has 1 aromatic heterocycles. The van der Waals surface area contributed by atoms with E-state index in [0.29, 0.717) is 5.69 Å². The third-order valence-corrected chi connectivity index (χ3v) is 1.20. The fourth-order valence-electron chi connectivity index (χ4n) is 0.749. The van der Waals surface area contributed by atoms with E-state index in [1.807, 2.05) is 0 Å². The second-order valence-corrected chi connectivity index (χ2v) is 2.13. The number of aliphatic hydroxyl groups excluding tert-OH is 1. The molecule has 0 atom stereocenters. The molecule has 12 heavy (non-hydrogen) atoms. The summed E-state index contributed by atoms with van der Waals surface area (Å²) in [6.45, 7) is 2.91. The molecule has 0 unspecified atom stereocenters. The number of aryl methyl sites for hydroxylation is 1. The Bertz CT molecular complexity index is 202. The van der Waals surface area contributed by atoms with E-state index >= 15 is 0 Å². The van der Waals surface area contributed by atoms with Crippen molar-refractivity contribution in [1.82, 2.24) is 15.0 Å². The Hall–Kier alpha value is -0.212. The minimum Gasteiger partial charge on any atom is -0.390 e. The van der Waals surface area contributed by atoms with Crippen LogP contribution in [0.4, 0.5) is 0 Å². The Balaban J connectivity index is 0. The summed E-state index contributed by atoms with van der Waals surface area (Å²) in [7, 11) is 0. The van der Waals surface area contributed by atoms with Gasteiger partial charge in [0.15, 0.2) is 0 Å². The van der Waals surface area contributed by atoms with Crippen molar-refractivity contribution in [2.75, 3.05) is 0 Å². The molecule has 70 valence electrons. The summed E-state index contributed by atoms with van der Waals surface area (Å²) in [6, 6.07) is 0. The van der Waals surface area contributed by atoms with Crippen LogP contribution in [-0.2, 0) is 34.2 Å². The molecule has 0 aliphatic rings. The van der Waals surface area contributed by atoms with Crippen LogP contribution >= 0.6 is 0 Å². The maximum Gasteiger partial charge on any atom is 0.108 e. The fourth-order valence-corrected chi connectivity index (χ4v) is 0.749. The predicted octanol–water partition coefficient (Wildman–Crippen LogP) is 0.628. The summed E-state index contributed by atoms with van der Waals surface area (Å²) in [5.74, 6) is 0. The van der Waals surface area contributed by atoms with Gasteiger partial charge in [-0.2, -0.15) is 0 Å². The summed E-state index contributed by atoms with van der Waals surface area (Å²) >= 11 is 0. The predicted molar refractivity (Wildman–Crippen MR) is 42.6 cm³/mol. The average Bonchev–Trinajstić information content (AvgIpc) is 2.37. The van der Waals surface area contributed by atoms with Gasteiger partial charge in [-0.15, -0.1) is 5.10 Å². The monoisotopic (exact) mass is 340 g/mol. The molecule has 5 heteroatoms. The number of hydrogen-bond donors (Lipinski definition) is 1. The molecule has 1 aromatic rings. The molecule has 0 aromatic carbocycles. The van der Waals surface area contributed by atoms with Crippen molar-refractivity contribution in [2.24, 2.45) is 0 Å². The van der Waals surface area contributed by atoms with Gasteiger partial charge < -0.3 is 12.5 Å². The normalized spacial score (nSPS) is 8.50. The van der Waals surface area contributed by atoms with Gasteiger partial charge in [0, 0.05) is 27.6 Å². The van der Waals surface area contributed by atoms with Crippen molar-refractivity contribution < 1.29 is 26.2 Å². The van der Waals surface area contributed by atoms with E-state index in [9.17, 15) is 0 Å². The summed E-state index contributed by atoms with van der Waals surface area (Å²) < 4.78 is 1.73. The van der Waals surface area contributed by atoms with Crippen LogP contribution in [0.3, 0.4) is 0 Å². The molecule has 4 nitrogen and oxygen atoms in total. The fraction of sp³-hybridized carbons (Fsp3) is 0.571. The van der Waals surface area contributed by atoms with Gasteiger partial charge in [-0.1, -0.05) is 12.1 Å². The Kier molecular flexibility index (Phi) is 8.88. The van der Waals surface area contributed by atoms with Crippen LogP contribution in [0.25, 0.3) is 0 Å². The third kappa shape index (κ3) is 3.98. The van der Waals surface area contributed by atoms with Crippen LogP contribution in [0.15, 0.2) is 6.20 Å². The van der Waals surface area contributed by atoms with Crippen molar-refractivity contribution in [3.8, 4) is 0 Å². The average molecular weight is 340 g/mol. The van der Waals surface area contributed by atoms with Crippen LogP contribution in [0.2, 0.25) is 0 Å². The van der Waals surface area contributed by atoms with Crippen molar-refractivity contribution in [3.05, 3.63) is 19.3 Å². The molecule has 1 rings (SSSR count). The van der Waals surface area contributed by atoms with Gasteiger partial charge in [-0.05, 0) is 6.42 Å². The largest absolute Gasteiger partial charge is 0.390 e. The number of nitrogens with zero attached hydrogens (tertiary/aromatic N) is 3. The van der Waals surface area contributed by atoms with E-state index in [2.05, 4.69) is 17.2 Å². The van der Waals surface area contributed by atoms with E-state index in [1.165, 1.54) is 0 Å². The first-order chi connectivity index (χ1) is 4.86. The van der Waals surface area contributed by atoms with Gasteiger partial charge in [0.05, 0.1) is 12.8 Å². The van der Waals surface area contributed by atoms with Gasteiger partial charge in [0.2, 0.25) is 0 Å². The molecule has 0 saturated carbocycles. The second kappa shape index (κ2) is 7.44. The molecular formula is C7H14N3OW-. The Morgan fingerprint density at radius 3 is 2.67 bits per heavy atom. The first kappa shape index (κ1) is 14.3. The first-order valence-electron chi connectivity index (χ1n) is 3.36. The zero-order valence-electron chi connectivity index (χ0n) is 7.40. The quantitative estimate of drug-likeness (QED) is 0.822. The van der Waals surface area contributed by atoms with Gasteiger partial charge in [-0.25, -0.2) is 0 Å².